The van der Waals surface area contributed by atoms with Crippen LogP contribution in [0.25, 0.3) is 0 Å². The lowest BCUT2D eigenvalue weighted by molar-refractivity contribution is -0.902. The molecule has 0 atom stereocenters. The van der Waals surface area contributed by atoms with E-state index in [-0.39, 0.29) is 0 Å². The van der Waals surface area contributed by atoms with Gasteiger partial charge in [-0.05, 0) is 24.3 Å². The van der Waals surface area contributed by atoms with Gasteiger partial charge in [0.1, 0.15) is 0 Å². The van der Waals surface area contributed by atoms with Crippen LogP contribution in [-0.4, -0.2) is 57.3 Å². The standard InChI is InChI=1S/C19H19N3O4S/c23-18-16-8-4-5-9-17(16)22(19(18)24)14-20-10-12-21(13-11-20)27(25,26)15-6-2-1-3-7-15/h1-9H,10-14H2/p+1. The van der Waals surface area contributed by atoms with Gasteiger partial charge in [-0.2, -0.15) is 4.31 Å². The number of anilines is 1. The van der Waals surface area contributed by atoms with E-state index in [2.05, 4.69) is 0 Å². The first-order valence-corrected chi connectivity index (χ1v) is 10.3. The molecule has 0 spiro atoms. The highest BCUT2D eigenvalue weighted by Crippen LogP contribution is 2.27. The first kappa shape index (κ1) is 17.8. The number of Topliss-reactive ketones (excluding diaryl/α,β-unsaturated/α-hetero) is 1. The molecule has 0 aromatic heterocycles. The summed E-state index contributed by atoms with van der Waals surface area (Å²) in [5, 5.41) is 0. The van der Waals surface area contributed by atoms with Crippen molar-refractivity contribution in [3.63, 3.8) is 0 Å². The number of para-hydroxylation sites is 1. The third kappa shape index (κ3) is 3.16. The Bertz CT molecular complexity index is 983. The average Bonchev–Trinajstić information content (AvgIpc) is 2.94. The van der Waals surface area contributed by atoms with Gasteiger partial charge in [-0.25, -0.2) is 8.42 Å². The first-order valence-electron chi connectivity index (χ1n) is 8.82. The summed E-state index contributed by atoms with van der Waals surface area (Å²) in [4.78, 5) is 27.3. The Labute approximate surface area is 157 Å². The molecule has 4 rings (SSSR count). The van der Waals surface area contributed by atoms with Gasteiger partial charge in [-0.15, -0.1) is 0 Å². The smallest absolute Gasteiger partial charge is 0.303 e. The van der Waals surface area contributed by atoms with Crippen LogP contribution in [0.3, 0.4) is 0 Å². The molecule has 1 fully saturated rings. The number of carbonyl (C=O) groups is 2. The van der Waals surface area contributed by atoms with Crippen molar-refractivity contribution in [1.29, 1.82) is 0 Å². The number of carbonyl (C=O) groups excluding carboxylic acids is 2. The maximum atomic E-state index is 12.7. The maximum Gasteiger partial charge on any atom is 0.303 e. The molecule has 2 aromatic rings. The highest BCUT2D eigenvalue weighted by atomic mass is 32.2. The summed E-state index contributed by atoms with van der Waals surface area (Å²) in [6.07, 6.45) is 0. The Kier molecular flexibility index (Phi) is 4.55. The number of sulfonamides is 1. The second-order valence-corrected chi connectivity index (χ2v) is 8.64. The maximum absolute atomic E-state index is 12.7. The van der Waals surface area contributed by atoms with Gasteiger partial charge in [0.05, 0.1) is 42.3 Å². The van der Waals surface area contributed by atoms with E-state index < -0.39 is 21.7 Å². The van der Waals surface area contributed by atoms with Gasteiger partial charge in [0.15, 0.2) is 6.67 Å². The van der Waals surface area contributed by atoms with Crippen LogP contribution < -0.4 is 9.80 Å². The summed E-state index contributed by atoms with van der Waals surface area (Å²) < 4.78 is 26.9. The molecular weight excluding hydrogens is 366 g/mol. The molecule has 0 aliphatic carbocycles. The largest absolute Gasteiger partial charge is 0.315 e. The third-order valence-electron chi connectivity index (χ3n) is 5.07. The highest BCUT2D eigenvalue weighted by Gasteiger charge is 2.39. The molecule has 8 heteroatoms. The van der Waals surface area contributed by atoms with Crippen LogP contribution in [-0.2, 0) is 14.8 Å². The lowest BCUT2D eigenvalue weighted by atomic mass is 10.1. The molecule has 2 aliphatic rings. The number of piperazine rings is 1. The number of amides is 1. The molecule has 2 aromatic carbocycles. The number of quaternary nitrogens is 1. The number of rotatable bonds is 4. The fourth-order valence-electron chi connectivity index (χ4n) is 3.57. The number of fused-ring (bicyclic) bond motifs is 1. The molecule has 2 heterocycles. The van der Waals surface area contributed by atoms with E-state index in [1.54, 1.807) is 54.6 Å². The van der Waals surface area contributed by atoms with Crippen molar-refractivity contribution in [3.05, 3.63) is 60.2 Å². The van der Waals surface area contributed by atoms with Crippen LogP contribution in [0, 0.1) is 0 Å². The van der Waals surface area contributed by atoms with Crippen LogP contribution >= 0.6 is 0 Å². The fraction of sp³-hybridized carbons (Fsp3) is 0.263. The summed E-state index contributed by atoms with van der Waals surface area (Å²) in [6.45, 7) is 2.27. The molecule has 0 saturated carbocycles. The van der Waals surface area contributed by atoms with Crippen LogP contribution in [0.2, 0.25) is 0 Å². The van der Waals surface area contributed by atoms with Gasteiger partial charge in [0, 0.05) is 0 Å². The van der Waals surface area contributed by atoms with Gasteiger partial charge < -0.3 is 4.90 Å². The van der Waals surface area contributed by atoms with Gasteiger partial charge in [-0.1, -0.05) is 30.3 Å². The fourth-order valence-corrected chi connectivity index (χ4v) is 5.03. The SMILES string of the molecule is O=C1C(=O)N(C[NH+]2CCN(S(=O)(=O)c3ccccc3)CC2)c2ccccc21. The normalized spacial score (nSPS) is 18.7. The van der Waals surface area contributed by atoms with E-state index >= 15 is 0 Å². The van der Waals surface area contributed by atoms with E-state index in [9.17, 15) is 18.0 Å². The number of hydrogen-bond acceptors (Lipinski definition) is 4. The van der Waals surface area contributed by atoms with Crippen molar-refractivity contribution >= 4 is 27.4 Å². The quantitative estimate of drug-likeness (QED) is 0.736. The summed E-state index contributed by atoms with van der Waals surface area (Å²) >= 11 is 0. The molecule has 1 N–H and O–H groups in total. The van der Waals surface area contributed by atoms with Crippen molar-refractivity contribution < 1.29 is 22.9 Å². The molecular formula is C19H20N3O4S+. The third-order valence-corrected chi connectivity index (χ3v) is 6.98. The minimum atomic E-state index is -3.50. The van der Waals surface area contributed by atoms with Gasteiger partial charge in [0.25, 0.3) is 5.78 Å². The molecule has 140 valence electrons. The van der Waals surface area contributed by atoms with Crippen molar-refractivity contribution in [2.75, 3.05) is 37.7 Å². The van der Waals surface area contributed by atoms with Gasteiger partial charge in [0.2, 0.25) is 10.0 Å². The molecule has 0 radical (unpaired) electrons. The zero-order chi connectivity index (χ0) is 19.0. The minimum Gasteiger partial charge on any atom is -0.315 e. The summed E-state index contributed by atoms with van der Waals surface area (Å²) in [6, 6.07) is 15.4. The Morgan fingerprint density at radius 2 is 1.52 bits per heavy atom. The van der Waals surface area contributed by atoms with Crippen LogP contribution in [0.15, 0.2) is 59.5 Å². The highest BCUT2D eigenvalue weighted by molar-refractivity contribution is 7.89. The second kappa shape index (κ2) is 6.88. The van der Waals surface area contributed by atoms with E-state index in [4.69, 9.17) is 0 Å². The zero-order valence-electron chi connectivity index (χ0n) is 14.7. The monoisotopic (exact) mass is 386 g/mol. The van der Waals surface area contributed by atoms with E-state index in [1.807, 2.05) is 0 Å². The molecule has 1 saturated heterocycles. The lowest BCUT2D eigenvalue weighted by Gasteiger charge is -2.33. The zero-order valence-corrected chi connectivity index (χ0v) is 15.5. The Morgan fingerprint density at radius 3 is 2.22 bits per heavy atom. The predicted molar refractivity (Wildman–Crippen MR) is 99.0 cm³/mol. The van der Waals surface area contributed by atoms with Crippen molar-refractivity contribution in [1.82, 2.24) is 4.31 Å². The Hall–Kier alpha value is -2.55. The van der Waals surface area contributed by atoms with Crippen LogP contribution in [0.1, 0.15) is 10.4 Å². The number of nitrogens with zero attached hydrogens (tertiary/aromatic N) is 2. The second-order valence-electron chi connectivity index (χ2n) is 6.70. The molecule has 7 nitrogen and oxygen atoms in total. The van der Waals surface area contributed by atoms with Gasteiger partial charge >= 0.3 is 5.91 Å². The predicted octanol–water partition coefficient (Wildman–Crippen LogP) is -0.237. The number of benzene rings is 2. The number of nitrogens with one attached hydrogen (secondary N) is 1. The van der Waals surface area contributed by atoms with E-state index in [0.717, 1.165) is 4.90 Å². The average molecular weight is 386 g/mol. The molecule has 0 unspecified atom stereocenters. The van der Waals surface area contributed by atoms with E-state index in [0.29, 0.717) is 49.0 Å². The number of ketones is 1. The van der Waals surface area contributed by atoms with Crippen LogP contribution in [0.5, 0.6) is 0 Å². The van der Waals surface area contributed by atoms with Gasteiger partial charge in [-0.3, -0.25) is 14.5 Å². The lowest BCUT2D eigenvalue weighted by Crippen LogP contribution is -3.16. The summed E-state index contributed by atoms with van der Waals surface area (Å²) in [7, 11) is -3.50. The Balaban J connectivity index is 1.44. The molecule has 0 bridgehead atoms. The molecule has 2 aliphatic heterocycles. The summed E-state index contributed by atoms with van der Waals surface area (Å²) in [5.41, 5.74) is 1.08. The van der Waals surface area contributed by atoms with E-state index in [1.165, 1.54) is 9.21 Å². The van der Waals surface area contributed by atoms with Crippen molar-refractivity contribution in [2.45, 2.75) is 4.90 Å². The topological polar surface area (TPSA) is 79.2 Å². The summed E-state index contributed by atoms with van der Waals surface area (Å²) in [5.74, 6) is -0.988. The van der Waals surface area contributed by atoms with Crippen LogP contribution in [0.4, 0.5) is 5.69 Å². The first-order chi connectivity index (χ1) is 13.0. The Morgan fingerprint density at radius 1 is 0.889 bits per heavy atom. The molecule has 27 heavy (non-hydrogen) atoms. The van der Waals surface area contributed by atoms with Crippen molar-refractivity contribution in [2.24, 2.45) is 0 Å². The van der Waals surface area contributed by atoms with Crippen molar-refractivity contribution in [3.8, 4) is 0 Å². The number of hydrogen-bond donors (Lipinski definition) is 1. The molecule has 1 amide bonds. The minimum absolute atomic E-state index is 0.294.